The second kappa shape index (κ2) is 8.64. The van der Waals surface area contributed by atoms with Crippen LogP contribution in [0.4, 0.5) is 10.5 Å². The quantitative estimate of drug-likeness (QED) is 0.836. The van der Waals surface area contributed by atoms with E-state index in [-0.39, 0.29) is 18.1 Å². The molecule has 2 amide bonds. The molecule has 2 aliphatic heterocycles. The maximum Gasteiger partial charge on any atom is 0.318 e. The van der Waals surface area contributed by atoms with Gasteiger partial charge in [-0.3, -0.25) is 0 Å². The van der Waals surface area contributed by atoms with E-state index in [1.807, 2.05) is 29.2 Å². The van der Waals surface area contributed by atoms with Crippen molar-refractivity contribution >= 4 is 11.7 Å². The summed E-state index contributed by atoms with van der Waals surface area (Å²) in [4.78, 5) is 17.4. The van der Waals surface area contributed by atoms with Gasteiger partial charge in [0.1, 0.15) is 11.5 Å². The molecule has 2 fully saturated rings. The topological polar surface area (TPSA) is 54.0 Å². The summed E-state index contributed by atoms with van der Waals surface area (Å²) in [5, 5.41) is 3.26. The van der Waals surface area contributed by atoms with Crippen LogP contribution in [0.2, 0.25) is 0 Å². The van der Waals surface area contributed by atoms with Gasteiger partial charge < -0.3 is 24.6 Å². The van der Waals surface area contributed by atoms with Crippen LogP contribution in [0, 0.1) is 0 Å². The maximum absolute atomic E-state index is 13.1. The summed E-state index contributed by atoms with van der Waals surface area (Å²) in [6.07, 6.45) is 2.90. The summed E-state index contributed by atoms with van der Waals surface area (Å²) < 4.78 is 10.9. The SMILES string of the molecule is COc1ccc(C2CCCN2C(=O)NC2CCN(c3ccccc3)C2)c(OC)c1. The minimum Gasteiger partial charge on any atom is -0.497 e. The van der Waals surface area contributed by atoms with Crippen molar-refractivity contribution < 1.29 is 14.3 Å². The predicted octanol–water partition coefficient (Wildman–Crippen LogP) is 3.83. The maximum atomic E-state index is 13.1. The molecule has 2 aromatic carbocycles. The molecule has 6 heteroatoms. The number of amides is 2. The number of rotatable bonds is 5. The largest absolute Gasteiger partial charge is 0.497 e. The Morgan fingerprint density at radius 2 is 1.86 bits per heavy atom. The number of methoxy groups -OCH3 is 2. The number of para-hydroxylation sites is 1. The van der Waals surface area contributed by atoms with Crippen LogP contribution in [0.5, 0.6) is 11.5 Å². The van der Waals surface area contributed by atoms with Gasteiger partial charge in [-0.1, -0.05) is 18.2 Å². The Bertz CT molecular complexity index is 843. The number of hydrogen-bond donors (Lipinski definition) is 1. The van der Waals surface area contributed by atoms with Crippen molar-refractivity contribution in [1.29, 1.82) is 0 Å². The van der Waals surface area contributed by atoms with E-state index in [4.69, 9.17) is 9.47 Å². The number of nitrogens with one attached hydrogen (secondary N) is 1. The van der Waals surface area contributed by atoms with Gasteiger partial charge in [0.25, 0.3) is 0 Å². The van der Waals surface area contributed by atoms with E-state index in [1.165, 1.54) is 5.69 Å². The van der Waals surface area contributed by atoms with Crippen molar-refractivity contribution in [2.45, 2.75) is 31.3 Å². The van der Waals surface area contributed by atoms with Gasteiger partial charge in [0.2, 0.25) is 0 Å². The van der Waals surface area contributed by atoms with E-state index in [9.17, 15) is 4.79 Å². The Morgan fingerprint density at radius 1 is 1.03 bits per heavy atom. The van der Waals surface area contributed by atoms with Gasteiger partial charge >= 0.3 is 6.03 Å². The lowest BCUT2D eigenvalue weighted by Crippen LogP contribution is -2.45. The molecule has 0 spiro atoms. The van der Waals surface area contributed by atoms with E-state index in [0.29, 0.717) is 0 Å². The number of nitrogens with zero attached hydrogens (tertiary/aromatic N) is 2. The van der Waals surface area contributed by atoms with Crippen LogP contribution >= 0.6 is 0 Å². The van der Waals surface area contributed by atoms with Crippen LogP contribution in [0.15, 0.2) is 48.5 Å². The van der Waals surface area contributed by atoms with Gasteiger partial charge in [-0.15, -0.1) is 0 Å². The van der Waals surface area contributed by atoms with E-state index >= 15 is 0 Å². The van der Waals surface area contributed by atoms with E-state index in [0.717, 1.165) is 56.0 Å². The normalized spacial score (nSPS) is 21.3. The fourth-order valence-electron chi connectivity index (χ4n) is 4.44. The molecule has 6 nitrogen and oxygen atoms in total. The van der Waals surface area contributed by atoms with Gasteiger partial charge in [0, 0.05) is 43.0 Å². The first-order valence-electron chi connectivity index (χ1n) is 10.3. The summed E-state index contributed by atoms with van der Waals surface area (Å²) in [6, 6.07) is 16.4. The third-order valence-corrected chi connectivity index (χ3v) is 5.95. The van der Waals surface area contributed by atoms with Gasteiger partial charge in [0.05, 0.1) is 20.3 Å². The summed E-state index contributed by atoms with van der Waals surface area (Å²) in [6.45, 7) is 2.58. The number of urea groups is 1. The standard InChI is InChI=1S/C23H29N3O3/c1-28-19-10-11-20(22(15-19)29-2)21-9-6-13-26(21)23(27)24-17-12-14-25(16-17)18-7-4-3-5-8-18/h3-5,7-8,10-11,15,17,21H,6,9,12-14,16H2,1-2H3,(H,24,27). The molecule has 154 valence electrons. The Balaban J connectivity index is 1.42. The van der Waals surface area contributed by atoms with Crippen molar-refractivity contribution in [2.24, 2.45) is 0 Å². The molecule has 0 aromatic heterocycles. The second-order valence-electron chi connectivity index (χ2n) is 7.68. The van der Waals surface area contributed by atoms with E-state index < -0.39 is 0 Å². The average molecular weight is 396 g/mol. The molecule has 0 radical (unpaired) electrons. The zero-order chi connectivity index (χ0) is 20.2. The fourth-order valence-corrected chi connectivity index (χ4v) is 4.44. The Morgan fingerprint density at radius 3 is 2.62 bits per heavy atom. The summed E-state index contributed by atoms with van der Waals surface area (Å²) in [5.41, 5.74) is 2.25. The number of carbonyl (C=O) groups is 1. The molecular formula is C23H29N3O3. The lowest BCUT2D eigenvalue weighted by atomic mass is 10.0. The molecule has 2 saturated heterocycles. The first-order valence-corrected chi connectivity index (χ1v) is 10.3. The summed E-state index contributed by atoms with van der Waals surface area (Å²) in [7, 11) is 3.30. The Hall–Kier alpha value is -2.89. The van der Waals surface area contributed by atoms with E-state index in [2.05, 4.69) is 34.5 Å². The van der Waals surface area contributed by atoms with Crippen LogP contribution < -0.4 is 19.7 Å². The van der Waals surface area contributed by atoms with Crippen molar-refractivity contribution in [3.05, 3.63) is 54.1 Å². The number of benzene rings is 2. The molecule has 4 rings (SSSR count). The minimum atomic E-state index is 0.0188. The van der Waals surface area contributed by atoms with Crippen LogP contribution in [-0.4, -0.2) is 50.8 Å². The highest BCUT2D eigenvalue weighted by Crippen LogP contribution is 2.38. The zero-order valence-corrected chi connectivity index (χ0v) is 17.1. The first kappa shape index (κ1) is 19.4. The molecule has 2 unspecified atom stereocenters. The van der Waals surface area contributed by atoms with Crippen LogP contribution in [0.1, 0.15) is 30.9 Å². The van der Waals surface area contributed by atoms with Crippen molar-refractivity contribution in [1.82, 2.24) is 10.2 Å². The van der Waals surface area contributed by atoms with Crippen molar-refractivity contribution in [3.63, 3.8) is 0 Å². The third-order valence-electron chi connectivity index (χ3n) is 5.95. The minimum absolute atomic E-state index is 0.0188. The molecule has 29 heavy (non-hydrogen) atoms. The lowest BCUT2D eigenvalue weighted by Gasteiger charge is -2.28. The van der Waals surface area contributed by atoms with Crippen LogP contribution in [-0.2, 0) is 0 Å². The molecule has 0 aliphatic carbocycles. The highest BCUT2D eigenvalue weighted by Gasteiger charge is 2.34. The smallest absolute Gasteiger partial charge is 0.318 e. The van der Waals surface area contributed by atoms with Crippen molar-refractivity contribution in [3.8, 4) is 11.5 Å². The molecule has 2 aliphatic rings. The number of hydrogen-bond acceptors (Lipinski definition) is 4. The van der Waals surface area contributed by atoms with Crippen molar-refractivity contribution in [2.75, 3.05) is 38.8 Å². The van der Waals surface area contributed by atoms with Gasteiger partial charge in [0.15, 0.2) is 0 Å². The summed E-state index contributed by atoms with van der Waals surface area (Å²) in [5.74, 6) is 1.52. The molecule has 1 N–H and O–H groups in total. The average Bonchev–Trinajstić information content (AvgIpc) is 3.43. The highest BCUT2D eigenvalue weighted by molar-refractivity contribution is 5.76. The number of carbonyl (C=O) groups excluding carboxylic acids is 1. The second-order valence-corrected chi connectivity index (χ2v) is 7.68. The number of anilines is 1. The molecule has 2 heterocycles. The zero-order valence-electron chi connectivity index (χ0n) is 17.1. The lowest BCUT2D eigenvalue weighted by molar-refractivity contribution is 0.189. The third kappa shape index (κ3) is 4.11. The fraction of sp³-hybridized carbons (Fsp3) is 0.435. The van der Waals surface area contributed by atoms with Gasteiger partial charge in [-0.25, -0.2) is 4.79 Å². The molecule has 2 atom stereocenters. The number of ether oxygens (including phenoxy) is 2. The van der Waals surface area contributed by atoms with E-state index in [1.54, 1.807) is 14.2 Å². The highest BCUT2D eigenvalue weighted by atomic mass is 16.5. The molecular weight excluding hydrogens is 366 g/mol. The van der Waals surface area contributed by atoms with Crippen LogP contribution in [0.3, 0.4) is 0 Å². The Kier molecular flexibility index (Phi) is 5.79. The number of likely N-dealkylation sites (tertiary alicyclic amines) is 1. The van der Waals surface area contributed by atoms with Crippen LogP contribution in [0.25, 0.3) is 0 Å². The van der Waals surface area contributed by atoms with Gasteiger partial charge in [-0.2, -0.15) is 0 Å². The molecule has 0 bridgehead atoms. The molecule has 0 saturated carbocycles. The first-order chi connectivity index (χ1) is 14.2. The Labute approximate surface area is 172 Å². The monoisotopic (exact) mass is 395 g/mol. The van der Waals surface area contributed by atoms with Gasteiger partial charge in [-0.05, 0) is 43.5 Å². The summed E-state index contributed by atoms with van der Waals surface area (Å²) >= 11 is 0. The predicted molar refractivity (Wildman–Crippen MR) is 114 cm³/mol. The molecule has 2 aromatic rings.